The number of thiazole rings is 1. The normalized spacial score (nSPS) is 10.9. The van der Waals surface area contributed by atoms with Gasteiger partial charge in [-0.05, 0) is 12.1 Å². The van der Waals surface area contributed by atoms with Gasteiger partial charge in [-0.25, -0.2) is 9.50 Å². The van der Waals surface area contributed by atoms with Crippen molar-refractivity contribution < 1.29 is 0 Å². The maximum atomic E-state index is 4.27. The number of rotatable bonds is 1. The minimum absolute atomic E-state index is 0.996. The van der Waals surface area contributed by atoms with Crippen LogP contribution in [0.4, 0.5) is 0 Å². The molecule has 0 spiro atoms. The summed E-state index contributed by atoms with van der Waals surface area (Å²) in [5.74, 6) is 0. The average molecular weight is 201 g/mol. The standard InChI is InChI=1S/C10H7N3S/c1-2-4-13-10(3-1)8(5-12-13)9-6-14-7-11-9/h1-7H. The van der Waals surface area contributed by atoms with Crippen molar-refractivity contribution >= 4 is 16.9 Å². The van der Waals surface area contributed by atoms with Crippen LogP contribution in [0, 0.1) is 0 Å². The number of nitrogens with zero attached hydrogens (tertiary/aromatic N) is 3. The zero-order valence-electron chi connectivity index (χ0n) is 7.29. The Morgan fingerprint density at radius 3 is 3.14 bits per heavy atom. The fraction of sp³-hybridized carbons (Fsp3) is 0. The van der Waals surface area contributed by atoms with Gasteiger partial charge < -0.3 is 0 Å². The van der Waals surface area contributed by atoms with E-state index in [9.17, 15) is 0 Å². The van der Waals surface area contributed by atoms with Crippen LogP contribution in [-0.4, -0.2) is 14.6 Å². The van der Waals surface area contributed by atoms with E-state index >= 15 is 0 Å². The van der Waals surface area contributed by atoms with Gasteiger partial charge in [0.15, 0.2) is 0 Å². The molecule has 0 saturated heterocycles. The van der Waals surface area contributed by atoms with E-state index in [0.29, 0.717) is 0 Å². The number of pyridine rings is 1. The van der Waals surface area contributed by atoms with Crippen LogP contribution in [-0.2, 0) is 0 Å². The number of fused-ring (bicyclic) bond motifs is 1. The minimum atomic E-state index is 0.996. The molecule has 3 rings (SSSR count). The third-order valence-corrected chi connectivity index (χ3v) is 2.72. The Morgan fingerprint density at radius 2 is 2.29 bits per heavy atom. The highest BCUT2D eigenvalue weighted by Gasteiger charge is 2.06. The highest BCUT2D eigenvalue weighted by Crippen LogP contribution is 2.23. The molecule has 68 valence electrons. The second kappa shape index (κ2) is 2.92. The van der Waals surface area contributed by atoms with E-state index < -0.39 is 0 Å². The van der Waals surface area contributed by atoms with E-state index in [2.05, 4.69) is 10.1 Å². The molecule has 0 aliphatic heterocycles. The van der Waals surface area contributed by atoms with Crippen LogP contribution in [0.5, 0.6) is 0 Å². The second-order valence-corrected chi connectivity index (χ2v) is 3.68. The summed E-state index contributed by atoms with van der Waals surface area (Å²) < 4.78 is 1.86. The van der Waals surface area contributed by atoms with Crippen molar-refractivity contribution in [2.75, 3.05) is 0 Å². The predicted octanol–water partition coefficient (Wildman–Crippen LogP) is 2.46. The Bertz CT molecular complexity index is 554. The smallest absolute Gasteiger partial charge is 0.0849 e. The van der Waals surface area contributed by atoms with Crippen LogP contribution < -0.4 is 0 Å². The molecule has 0 N–H and O–H groups in total. The van der Waals surface area contributed by atoms with Crippen molar-refractivity contribution in [2.24, 2.45) is 0 Å². The molecule has 0 unspecified atom stereocenters. The molecule has 0 saturated carbocycles. The van der Waals surface area contributed by atoms with Gasteiger partial charge in [0, 0.05) is 17.1 Å². The molecular weight excluding hydrogens is 194 g/mol. The Morgan fingerprint density at radius 1 is 1.29 bits per heavy atom. The Hall–Kier alpha value is -1.68. The van der Waals surface area contributed by atoms with E-state index in [1.807, 2.05) is 46.0 Å². The summed E-state index contributed by atoms with van der Waals surface area (Å²) in [5, 5.41) is 6.29. The molecule has 3 heterocycles. The third kappa shape index (κ3) is 1.04. The molecule has 0 aliphatic rings. The van der Waals surface area contributed by atoms with Crippen molar-refractivity contribution in [3.05, 3.63) is 41.5 Å². The highest BCUT2D eigenvalue weighted by atomic mass is 32.1. The fourth-order valence-corrected chi connectivity index (χ4v) is 2.03. The fourth-order valence-electron chi connectivity index (χ4n) is 1.48. The van der Waals surface area contributed by atoms with Gasteiger partial charge in [-0.15, -0.1) is 11.3 Å². The first-order valence-electron chi connectivity index (χ1n) is 4.26. The van der Waals surface area contributed by atoms with Gasteiger partial charge in [0.1, 0.15) is 0 Å². The lowest BCUT2D eigenvalue weighted by molar-refractivity contribution is 0.961. The second-order valence-electron chi connectivity index (χ2n) is 2.96. The molecule has 0 amide bonds. The monoisotopic (exact) mass is 201 g/mol. The van der Waals surface area contributed by atoms with Crippen LogP contribution >= 0.6 is 11.3 Å². The molecular formula is C10H7N3S. The Labute approximate surface area is 84.7 Å². The third-order valence-electron chi connectivity index (χ3n) is 2.13. The van der Waals surface area contributed by atoms with Gasteiger partial charge in [-0.3, -0.25) is 0 Å². The first-order chi connectivity index (χ1) is 6.95. The van der Waals surface area contributed by atoms with Crippen molar-refractivity contribution in [3.63, 3.8) is 0 Å². The van der Waals surface area contributed by atoms with Crippen LogP contribution in [0.25, 0.3) is 16.8 Å². The molecule has 0 bridgehead atoms. The molecule has 3 aromatic heterocycles. The van der Waals surface area contributed by atoms with Crippen molar-refractivity contribution in [3.8, 4) is 11.3 Å². The Balaban J connectivity index is 2.33. The summed E-state index contributed by atoms with van der Waals surface area (Å²) in [6.07, 6.45) is 3.79. The highest BCUT2D eigenvalue weighted by molar-refractivity contribution is 7.07. The lowest BCUT2D eigenvalue weighted by Crippen LogP contribution is -1.83. The van der Waals surface area contributed by atoms with E-state index in [4.69, 9.17) is 0 Å². The molecule has 3 nitrogen and oxygen atoms in total. The number of hydrogen-bond donors (Lipinski definition) is 0. The summed E-state index contributed by atoms with van der Waals surface area (Å²) in [7, 11) is 0. The van der Waals surface area contributed by atoms with Gasteiger partial charge in [0.25, 0.3) is 0 Å². The van der Waals surface area contributed by atoms with Crippen molar-refractivity contribution in [2.45, 2.75) is 0 Å². The van der Waals surface area contributed by atoms with Crippen LogP contribution in [0.2, 0.25) is 0 Å². The van der Waals surface area contributed by atoms with Gasteiger partial charge in [-0.1, -0.05) is 6.07 Å². The maximum Gasteiger partial charge on any atom is 0.0849 e. The summed E-state index contributed by atoms with van der Waals surface area (Å²) in [4.78, 5) is 4.27. The lowest BCUT2D eigenvalue weighted by atomic mass is 10.2. The van der Waals surface area contributed by atoms with E-state index in [1.165, 1.54) is 0 Å². The van der Waals surface area contributed by atoms with Crippen LogP contribution in [0.1, 0.15) is 0 Å². The number of aromatic nitrogens is 3. The topological polar surface area (TPSA) is 30.2 Å². The summed E-state index contributed by atoms with van der Waals surface area (Å²) >= 11 is 1.60. The summed E-state index contributed by atoms with van der Waals surface area (Å²) in [6, 6.07) is 6.01. The van der Waals surface area contributed by atoms with Gasteiger partial charge in [0.05, 0.1) is 22.9 Å². The van der Waals surface area contributed by atoms with Crippen molar-refractivity contribution in [1.29, 1.82) is 0 Å². The van der Waals surface area contributed by atoms with Gasteiger partial charge in [-0.2, -0.15) is 5.10 Å². The molecule has 0 aromatic carbocycles. The Kier molecular flexibility index (Phi) is 1.61. The van der Waals surface area contributed by atoms with E-state index in [0.717, 1.165) is 16.8 Å². The van der Waals surface area contributed by atoms with Gasteiger partial charge in [0.2, 0.25) is 0 Å². The van der Waals surface area contributed by atoms with E-state index in [1.54, 1.807) is 11.3 Å². The average Bonchev–Trinajstić information content (AvgIpc) is 2.85. The molecule has 0 radical (unpaired) electrons. The van der Waals surface area contributed by atoms with Crippen molar-refractivity contribution in [1.82, 2.24) is 14.6 Å². The minimum Gasteiger partial charge on any atom is -0.245 e. The summed E-state index contributed by atoms with van der Waals surface area (Å²) in [6.45, 7) is 0. The largest absolute Gasteiger partial charge is 0.245 e. The van der Waals surface area contributed by atoms with E-state index in [-0.39, 0.29) is 0 Å². The van der Waals surface area contributed by atoms with Crippen LogP contribution in [0.3, 0.4) is 0 Å². The van der Waals surface area contributed by atoms with Crippen LogP contribution in [0.15, 0.2) is 41.5 Å². The summed E-state index contributed by atoms with van der Waals surface area (Å²) in [5.41, 5.74) is 5.02. The zero-order valence-corrected chi connectivity index (χ0v) is 8.11. The SMILES string of the molecule is c1ccn2ncc(-c3cscn3)c2c1. The first kappa shape index (κ1) is 7.70. The lowest BCUT2D eigenvalue weighted by Gasteiger charge is -1.93. The molecule has 0 atom stereocenters. The first-order valence-corrected chi connectivity index (χ1v) is 5.20. The molecule has 4 heteroatoms. The number of hydrogen-bond acceptors (Lipinski definition) is 3. The molecule has 3 aromatic rings. The van der Waals surface area contributed by atoms with Gasteiger partial charge >= 0.3 is 0 Å². The predicted molar refractivity (Wildman–Crippen MR) is 56.3 cm³/mol. The maximum absolute atomic E-state index is 4.27. The molecule has 0 fully saturated rings. The molecule has 14 heavy (non-hydrogen) atoms. The zero-order chi connectivity index (χ0) is 9.38. The molecule has 0 aliphatic carbocycles. The quantitative estimate of drug-likeness (QED) is 0.605.